The Balaban J connectivity index is 1.86. The van der Waals surface area contributed by atoms with E-state index in [4.69, 9.17) is 23.2 Å². The number of amides is 1. The van der Waals surface area contributed by atoms with Gasteiger partial charge in [0.15, 0.2) is 0 Å². The summed E-state index contributed by atoms with van der Waals surface area (Å²) in [6, 6.07) is 16.4. The first-order valence-corrected chi connectivity index (χ1v) is 12.3. The van der Waals surface area contributed by atoms with E-state index in [-0.39, 0.29) is 17.3 Å². The van der Waals surface area contributed by atoms with E-state index in [9.17, 15) is 17.6 Å². The minimum Gasteiger partial charge on any atom is -0.348 e. The lowest BCUT2D eigenvalue weighted by molar-refractivity contribution is -0.122. The van der Waals surface area contributed by atoms with Crippen molar-refractivity contribution in [2.24, 2.45) is 0 Å². The summed E-state index contributed by atoms with van der Waals surface area (Å²) in [6.07, 6.45) is 0. The number of nitrogens with one attached hydrogen (secondary N) is 1. The van der Waals surface area contributed by atoms with Crippen LogP contribution in [-0.4, -0.2) is 25.2 Å². The zero-order valence-corrected chi connectivity index (χ0v) is 20.4. The van der Waals surface area contributed by atoms with Gasteiger partial charge in [-0.1, -0.05) is 59.1 Å². The van der Waals surface area contributed by atoms with Gasteiger partial charge < -0.3 is 5.32 Å². The normalized spacial score (nSPS) is 12.5. The summed E-state index contributed by atoms with van der Waals surface area (Å²) >= 11 is 12.2. The number of hydrogen-bond donors (Lipinski definition) is 1. The van der Waals surface area contributed by atoms with Crippen LogP contribution in [0.25, 0.3) is 0 Å². The molecule has 0 saturated heterocycles. The summed E-state index contributed by atoms with van der Waals surface area (Å²) in [6.45, 7) is 3.04. The van der Waals surface area contributed by atoms with Crippen LogP contribution in [-0.2, 0) is 21.4 Å². The summed E-state index contributed by atoms with van der Waals surface area (Å²) in [5.41, 5.74) is 2.11. The van der Waals surface area contributed by atoms with Crippen LogP contribution in [0, 0.1) is 12.7 Å². The fraction of sp³-hybridized carbons (Fsp3) is 0.208. The molecule has 1 amide bonds. The number of aryl methyl sites for hydroxylation is 1. The Morgan fingerprint density at radius 1 is 1.03 bits per heavy atom. The molecular weight excluding hydrogens is 486 g/mol. The molecule has 3 aromatic carbocycles. The van der Waals surface area contributed by atoms with Crippen molar-refractivity contribution < 1.29 is 17.6 Å². The molecule has 9 heteroatoms. The van der Waals surface area contributed by atoms with Gasteiger partial charge >= 0.3 is 0 Å². The molecule has 0 aromatic heterocycles. The molecule has 0 unspecified atom stereocenters. The van der Waals surface area contributed by atoms with E-state index in [1.165, 1.54) is 30.3 Å². The standard InChI is InChI=1S/C24H23Cl2FN2O3S/c1-16-3-11-22(12-4-16)33(31,32)29(14-19-5-8-20(25)13-23(19)26)15-24(30)28-17(2)18-6-9-21(27)10-7-18/h3-13,17H,14-15H2,1-2H3,(H,28,30)/t17-/m0/s1. The summed E-state index contributed by atoms with van der Waals surface area (Å²) in [5.74, 6) is -0.889. The Labute approximate surface area is 203 Å². The van der Waals surface area contributed by atoms with Gasteiger partial charge in [0.25, 0.3) is 0 Å². The smallest absolute Gasteiger partial charge is 0.243 e. The van der Waals surface area contributed by atoms with E-state index in [1.54, 1.807) is 43.3 Å². The van der Waals surface area contributed by atoms with Crippen molar-refractivity contribution in [3.63, 3.8) is 0 Å². The summed E-state index contributed by atoms with van der Waals surface area (Å²) in [5, 5.41) is 3.48. The van der Waals surface area contributed by atoms with Gasteiger partial charge in [0.1, 0.15) is 5.82 Å². The van der Waals surface area contributed by atoms with Crippen LogP contribution in [0.4, 0.5) is 4.39 Å². The van der Waals surface area contributed by atoms with Gasteiger partial charge in [-0.3, -0.25) is 4.79 Å². The van der Waals surface area contributed by atoms with E-state index < -0.39 is 28.5 Å². The number of rotatable bonds is 8. The largest absolute Gasteiger partial charge is 0.348 e. The number of carbonyl (C=O) groups is 1. The van der Waals surface area contributed by atoms with Crippen molar-refractivity contribution in [3.8, 4) is 0 Å². The molecule has 0 radical (unpaired) electrons. The number of halogens is 3. The van der Waals surface area contributed by atoms with Crippen molar-refractivity contribution in [2.45, 2.75) is 31.3 Å². The number of sulfonamides is 1. The molecule has 0 bridgehead atoms. The van der Waals surface area contributed by atoms with Gasteiger partial charge in [-0.25, -0.2) is 12.8 Å². The molecule has 5 nitrogen and oxygen atoms in total. The highest BCUT2D eigenvalue weighted by atomic mass is 35.5. The molecule has 1 N–H and O–H groups in total. The maximum Gasteiger partial charge on any atom is 0.243 e. The van der Waals surface area contributed by atoms with Gasteiger partial charge in [-0.05, 0) is 61.4 Å². The quantitative estimate of drug-likeness (QED) is 0.436. The molecule has 33 heavy (non-hydrogen) atoms. The molecule has 0 heterocycles. The molecule has 174 valence electrons. The zero-order valence-electron chi connectivity index (χ0n) is 18.1. The summed E-state index contributed by atoms with van der Waals surface area (Å²) in [4.78, 5) is 12.9. The number of hydrogen-bond acceptors (Lipinski definition) is 3. The highest BCUT2D eigenvalue weighted by Gasteiger charge is 2.28. The second-order valence-corrected chi connectivity index (χ2v) is 10.4. The van der Waals surface area contributed by atoms with Gasteiger partial charge in [-0.2, -0.15) is 4.31 Å². The SMILES string of the molecule is Cc1ccc(S(=O)(=O)N(CC(=O)N[C@@H](C)c2ccc(F)cc2)Cc2ccc(Cl)cc2Cl)cc1. The Morgan fingerprint density at radius 2 is 1.67 bits per heavy atom. The predicted molar refractivity (Wildman–Crippen MR) is 128 cm³/mol. The van der Waals surface area contributed by atoms with Gasteiger partial charge in [0, 0.05) is 16.6 Å². The second kappa shape index (κ2) is 10.7. The van der Waals surface area contributed by atoms with Crippen LogP contribution >= 0.6 is 23.2 Å². The predicted octanol–water partition coefficient (Wildman–Crippen LogP) is 5.51. The molecule has 0 fully saturated rings. The van der Waals surface area contributed by atoms with Crippen LogP contribution < -0.4 is 5.32 Å². The van der Waals surface area contributed by atoms with Crippen molar-refractivity contribution in [2.75, 3.05) is 6.54 Å². The molecule has 0 saturated carbocycles. The van der Waals surface area contributed by atoms with Crippen LogP contribution in [0.15, 0.2) is 71.6 Å². The Kier molecular flexibility index (Phi) is 8.13. The van der Waals surface area contributed by atoms with Crippen LogP contribution in [0.3, 0.4) is 0 Å². The Bertz CT molecular complexity index is 1230. The molecule has 0 spiro atoms. The summed E-state index contributed by atoms with van der Waals surface area (Å²) in [7, 11) is -4.01. The van der Waals surface area contributed by atoms with Gasteiger partial charge in [0.05, 0.1) is 17.5 Å². The fourth-order valence-electron chi connectivity index (χ4n) is 3.21. The fourth-order valence-corrected chi connectivity index (χ4v) is 5.05. The van der Waals surface area contributed by atoms with Crippen molar-refractivity contribution in [1.29, 1.82) is 0 Å². The molecule has 0 aliphatic carbocycles. The van der Waals surface area contributed by atoms with Crippen LogP contribution in [0.1, 0.15) is 29.7 Å². The second-order valence-electron chi connectivity index (χ2n) is 7.66. The monoisotopic (exact) mass is 508 g/mol. The number of nitrogens with zero attached hydrogens (tertiary/aromatic N) is 1. The average molecular weight is 509 g/mol. The third kappa shape index (κ3) is 6.54. The molecule has 0 aliphatic heterocycles. The van der Waals surface area contributed by atoms with E-state index in [0.717, 1.165) is 9.87 Å². The molecule has 3 rings (SSSR count). The van der Waals surface area contributed by atoms with Crippen LogP contribution in [0.2, 0.25) is 10.0 Å². The minimum atomic E-state index is -4.01. The molecule has 1 atom stereocenters. The zero-order chi connectivity index (χ0) is 24.2. The Hall–Kier alpha value is -2.45. The number of carbonyl (C=O) groups excluding carboxylic acids is 1. The lowest BCUT2D eigenvalue weighted by Gasteiger charge is -2.24. The first-order chi connectivity index (χ1) is 15.6. The lowest BCUT2D eigenvalue weighted by Crippen LogP contribution is -2.41. The highest BCUT2D eigenvalue weighted by Crippen LogP contribution is 2.25. The maximum atomic E-state index is 13.4. The first kappa shape index (κ1) is 25.2. The third-order valence-corrected chi connectivity index (χ3v) is 7.48. The minimum absolute atomic E-state index is 0.0672. The van der Waals surface area contributed by atoms with E-state index >= 15 is 0 Å². The molecular formula is C24H23Cl2FN2O3S. The lowest BCUT2D eigenvalue weighted by atomic mass is 10.1. The Morgan fingerprint density at radius 3 is 2.27 bits per heavy atom. The molecule has 3 aromatic rings. The topological polar surface area (TPSA) is 66.5 Å². The van der Waals surface area contributed by atoms with Crippen molar-refractivity contribution in [1.82, 2.24) is 9.62 Å². The average Bonchev–Trinajstić information content (AvgIpc) is 2.75. The van der Waals surface area contributed by atoms with E-state index in [2.05, 4.69) is 5.32 Å². The summed E-state index contributed by atoms with van der Waals surface area (Å²) < 4.78 is 41.0. The van der Waals surface area contributed by atoms with Crippen LogP contribution in [0.5, 0.6) is 0 Å². The van der Waals surface area contributed by atoms with Crippen molar-refractivity contribution in [3.05, 3.63) is 99.3 Å². The maximum absolute atomic E-state index is 13.4. The van der Waals surface area contributed by atoms with Gasteiger partial charge in [-0.15, -0.1) is 0 Å². The van der Waals surface area contributed by atoms with Gasteiger partial charge in [0.2, 0.25) is 15.9 Å². The number of benzene rings is 3. The highest BCUT2D eigenvalue weighted by molar-refractivity contribution is 7.89. The third-order valence-electron chi connectivity index (χ3n) is 5.09. The van der Waals surface area contributed by atoms with E-state index in [1.807, 2.05) is 6.92 Å². The molecule has 0 aliphatic rings. The van der Waals surface area contributed by atoms with Crippen molar-refractivity contribution >= 4 is 39.1 Å². The first-order valence-electron chi connectivity index (χ1n) is 10.1. The van der Waals surface area contributed by atoms with E-state index in [0.29, 0.717) is 21.2 Å².